The van der Waals surface area contributed by atoms with E-state index in [-0.39, 0.29) is 16.9 Å². The molecule has 23 heavy (non-hydrogen) atoms. The maximum absolute atomic E-state index is 12.0. The highest BCUT2D eigenvalue weighted by Gasteiger charge is 2.14. The van der Waals surface area contributed by atoms with Gasteiger partial charge in [0.2, 0.25) is 0 Å². The standard InChI is InChI=1S/C15H11N3O5/c19-14(11-1-3-12(4-2-11)18(22)23)17-13(15(20)21)9-10-5-7-16-8-6-10/h1-9H,(H,17,19)(H,20,21). The first-order chi connectivity index (χ1) is 11.0. The molecule has 0 saturated carbocycles. The molecule has 0 aliphatic rings. The van der Waals surface area contributed by atoms with E-state index in [1.807, 2.05) is 0 Å². The highest BCUT2D eigenvalue weighted by atomic mass is 16.6. The fourth-order valence-electron chi connectivity index (χ4n) is 1.71. The minimum Gasteiger partial charge on any atom is -0.477 e. The summed E-state index contributed by atoms with van der Waals surface area (Å²) >= 11 is 0. The Hall–Kier alpha value is -3.55. The summed E-state index contributed by atoms with van der Waals surface area (Å²) in [6.45, 7) is 0. The van der Waals surface area contributed by atoms with Crippen molar-refractivity contribution in [1.82, 2.24) is 10.3 Å². The Morgan fingerprint density at radius 3 is 2.26 bits per heavy atom. The van der Waals surface area contributed by atoms with E-state index in [0.29, 0.717) is 5.56 Å². The molecule has 0 unspecified atom stereocenters. The summed E-state index contributed by atoms with van der Waals surface area (Å²) in [5, 5.41) is 22.0. The molecule has 0 aliphatic heterocycles. The number of carbonyl (C=O) groups is 2. The van der Waals surface area contributed by atoms with Crippen molar-refractivity contribution >= 4 is 23.6 Å². The van der Waals surface area contributed by atoms with Gasteiger partial charge in [0, 0.05) is 30.1 Å². The van der Waals surface area contributed by atoms with Crippen LogP contribution in [-0.2, 0) is 4.79 Å². The molecule has 2 N–H and O–H groups in total. The third kappa shape index (κ3) is 4.21. The summed E-state index contributed by atoms with van der Waals surface area (Å²) < 4.78 is 0. The topological polar surface area (TPSA) is 122 Å². The van der Waals surface area contributed by atoms with Crippen LogP contribution in [-0.4, -0.2) is 26.9 Å². The average molecular weight is 313 g/mol. The predicted molar refractivity (Wildman–Crippen MR) is 80.4 cm³/mol. The van der Waals surface area contributed by atoms with Crippen molar-refractivity contribution in [3.63, 3.8) is 0 Å². The lowest BCUT2D eigenvalue weighted by atomic mass is 10.2. The van der Waals surface area contributed by atoms with Gasteiger partial charge in [-0.3, -0.25) is 19.9 Å². The fourth-order valence-corrected chi connectivity index (χ4v) is 1.71. The van der Waals surface area contributed by atoms with Crippen LogP contribution in [0.15, 0.2) is 54.5 Å². The number of pyridine rings is 1. The Morgan fingerprint density at radius 1 is 1.13 bits per heavy atom. The van der Waals surface area contributed by atoms with Gasteiger partial charge in [-0.1, -0.05) is 0 Å². The number of carboxylic acid groups (broad SMARTS) is 1. The number of non-ortho nitro benzene ring substituents is 1. The number of benzene rings is 1. The first kappa shape index (κ1) is 15.8. The molecule has 0 atom stereocenters. The molecule has 0 spiro atoms. The summed E-state index contributed by atoms with van der Waals surface area (Å²) in [7, 11) is 0. The summed E-state index contributed by atoms with van der Waals surface area (Å²) in [5.74, 6) is -1.99. The Balaban J connectivity index is 2.20. The second-order valence-corrected chi connectivity index (χ2v) is 4.40. The van der Waals surface area contributed by atoms with Gasteiger partial charge in [0.25, 0.3) is 11.6 Å². The second-order valence-electron chi connectivity index (χ2n) is 4.40. The number of nitrogens with zero attached hydrogens (tertiary/aromatic N) is 2. The van der Waals surface area contributed by atoms with Crippen molar-refractivity contribution in [2.45, 2.75) is 0 Å². The molecule has 0 radical (unpaired) electrons. The summed E-state index contributed by atoms with van der Waals surface area (Å²) in [4.78, 5) is 37.0. The van der Waals surface area contributed by atoms with Crippen LogP contribution in [0.2, 0.25) is 0 Å². The number of aromatic nitrogens is 1. The zero-order valence-electron chi connectivity index (χ0n) is 11.7. The van der Waals surface area contributed by atoms with Crippen molar-refractivity contribution in [3.8, 4) is 0 Å². The molecule has 8 nitrogen and oxygen atoms in total. The molecule has 116 valence electrons. The maximum Gasteiger partial charge on any atom is 0.352 e. The van der Waals surface area contributed by atoms with E-state index in [9.17, 15) is 19.7 Å². The summed E-state index contributed by atoms with van der Waals surface area (Å²) in [6.07, 6.45) is 4.26. The number of nitrogens with one attached hydrogen (secondary N) is 1. The second kappa shape index (κ2) is 6.94. The zero-order chi connectivity index (χ0) is 16.8. The zero-order valence-corrected chi connectivity index (χ0v) is 11.7. The van der Waals surface area contributed by atoms with Crippen LogP contribution < -0.4 is 5.32 Å². The Labute approximate surface area is 130 Å². The minimum atomic E-state index is -1.31. The average Bonchev–Trinajstić information content (AvgIpc) is 2.55. The highest BCUT2D eigenvalue weighted by Crippen LogP contribution is 2.12. The van der Waals surface area contributed by atoms with Crippen molar-refractivity contribution < 1.29 is 19.6 Å². The van der Waals surface area contributed by atoms with Gasteiger partial charge in [0.05, 0.1) is 4.92 Å². The first-order valence-electron chi connectivity index (χ1n) is 6.38. The van der Waals surface area contributed by atoms with E-state index >= 15 is 0 Å². The van der Waals surface area contributed by atoms with E-state index in [1.54, 1.807) is 12.1 Å². The third-order valence-corrected chi connectivity index (χ3v) is 2.84. The monoisotopic (exact) mass is 313 g/mol. The predicted octanol–water partition coefficient (Wildman–Crippen LogP) is 1.85. The number of amides is 1. The van der Waals surface area contributed by atoms with Crippen LogP contribution in [0, 0.1) is 10.1 Å². The van der Waals surface area contributed by atoms with Crippen molar-refractivity contribution in [2.75, 3.05) is 0 Å². The quantitative estimate of drug-likeness (QED) is 0.493. The molecule has 0 fully saturated rings. The number of carboxylic acids is 1. The molecule has 8 heteroatoms. The van der Waals surface area contributed by atoms with E-state index in [2.05, 4.69) is 10.3 Å². The lowest BCUT2D eigenvalue weighted by molar-refractivity contribution is -0.384. The first-order valence-corrected chi connectivity index (χ1v) is 6.38. The maximum atomic E-state index is 12.0. The molecule has 2 rings (SSSR count). The van der Waals surface area contributed by atoms with Crippen LogP contribution in [0.3, 0.4) is 0 Å². The van der Waals surface area contributed by atoms with E-state index in [0.717, 1.165) is 0 Å². The van der Waals surface area contributed by atoms with Gasteiger partial charge in [-0.25, -0.2) is 4.79 Å². The molecule has 2 aromatic rings. The SMILES string of the molecule is O=C(O)C(=Cc1ccncc1)NC(=O)c1ccc([N+](=O)[O-])cc1. The highest BCUT2D eigenvalue weighted by molar-refractivity contribution is 6.02. The van der Waals surface area contributed by atoms with Gasteiger partial charge >= 0.3 is 5.97 Å². The van der Waals surface area contributed by atoms with Crippen molar-refractivity contribution in [1.29, 1.82) is 0 Å². The smallest absolute Gasteiger partial charge is 0.352 e. The molecular weight excluding hydrogens is 302 g/mol. The van der Waals surface area contributed by atoms with Gasteiger partial charge < -0.3 is 10.4 Å². The largest absolute Gasteiger partial charge is 0.477 e. The van der Waals surface area contributed by atoms with Crippen LogP contribution in [0.4, 0.5) is 5.69 Å². The molecule has 1 aromatic heterocycles. The lowest BCUT2D eigenvalue weighted by Crippen LogP contribution is -2.27. The summed E-state index contributed by atoms with van der Waals surface area (Å²) in [5.41, 5.74) is 0.186. The van der Waals surface area contributed by atoms with E-state index in [1.165, 1.54) is 42.7 Å². The minimum absolute atomic E-state index is 0.109. The third-order valence-electron chi connectivity index (χ3n) is 2.84. The molecule has 1 aromatic carbocycles. The van der Waals surface area contributed by atoms with Gasteiger partial charge in [-0.15, -0.1) is 0 Å². The number of carbonyl (C=O) groups excluding carboxylic acids is 1. The molecule has 0 bridgehead atoms. The molecule has 0 saturated heterocycles. The van der Waals surface area contributed by atoms with Gasteiger partial charge in [-0.05, 0) is 35.9 Å². The van der Waals surface area contributed by atoms with Gasteiger partial charge in [-0.2, -0.15) is 0 Å². The van der Waals surface area contributed by atoms with Gasteiger partial charge in [0.15, 0.2) is 0 Å². The van der Waals surface area contributed by atoms with E-state index in [4.69, 9.17) is 5.11 Å². The lowest BCUT2D eigenvalue weighted by Gasteiger charge is -2.06. The molecule has 1 heterocycles. The number of hydrogen-bond acceptors (Lipinski definition) is 5. The molecular formula is C15H11N3O5. The van der Waals surface area contributed by atoms with Crippen molar-refractivity contribution in [2.24, 2.45) is 0 Å². The van der Waals surface area contributed by atoms with Gasteiger partial charge in [0.1, 0.15) is 5.70 Å². The van der Waals surface area contributed by atoms with Crippen LogP contribution >= 0.6 is 0 Å². The molecule has 1 amide bonds. The van der Waals surface area contributed by atoms with E-state index < -0.39 is 16.8 Å². The normalized spacial score (nSPS) is 10.9. The van der Waals surface area contributed by atoms with Crippen LogP contribution in [0.1, 0.15) is 15.9 Å². The van der Waals surface area contributed by atoms with Crippen molar-refractivity contribution in [3.05, 3.63) is 75.7 Å². The fraction of sp³-hybridized carbons (Fsp3) is 0. The Morgan fingerprint density at radius 2 is 1.74 bits per heavy atom. The number of hydrogen-bond donors (Lipinski definition) is 2. The Kier molecular flexibility index (Phi) is 4.78. The van der Waals surface area contributed by atoms with Crippen LogP contribution in [0.5, 0.6) is 0 Å². The number of aliphatic carboxylic acids is 1. The summed E-state index contributed by atoms with van der Waals surface area (Å²) in [6, 6.07) is 8.00. The number of nitro groups is 1. The number of rotatable bonds is 5. The Bertz CT molecular complexity index is 769. The number of nitro benzene ring substituents is 1. The van der Waals surface area contributed by atoms with Crippen LogP contribution in [0.25, 0.3) is 6.08 Å². The molecule has 0 aliphatic carbocycles.